The van der Waals surface area contributed by atoms with Gasteiger partial charge in [0.15, 0.2) is 9.84 Å². The molecule has 1 aliphatic rings. The highest BCUT2D eigenvalue weighted by Gasteiger charge is 2.43. The lowest BCUT2D eigenvalue weighted by molar-refractivity contribution is 0.449. The van der Waals surface area contributed by atoms with Crippen molar-refractivity contribution in [2.75, 3.05) is 11.5 Å². The second kappa shape index (κ2) is 4.64. The lowest BCUT2D eigenvalue weighted by atomic mass is 9.80. The molecule has 0 aromatic heterocycles. The van der Waals surface area contributed by atoms with Crippen molar-refractivity contribution in [3.8, 4) is 6.07 Å². The topological polar surface area (TPSA) is 57.9 Å². The molecule has 1 heterocycles. The van der Waals surface area contributed by atoms with Crippen molar-refractivity contribution >= 4 is 9.84 Å². The molecule has 1 aromatic rings. The smallest absolute Gasteiger partial charge is 0.151 e. The van der Waals surface area contributed by atoms with Crippen LogP contribution in [-0.2, 0) is 16.3 Å². The largest absolute Gasteiger partial charge is 0.229 e. The summed E-state index contributed by atoms with van der Waals surface area (Å²) in [6, 6.07) is 6.46. The van der Waals surface area contributed by atoms with Crippen LogP contribution < -0.4 is 0 Å². The number of nitrogens with zero attached hydrogens (tertiary/aromatic N) is 1. The average molecular weight is 277 g/mol. The van der Waals surface area contributed by atoms with Gasteiger partial charge in [0.1, 0.15) is 0 Å². The molecule has 102 valence electrons. The first-order valence-electron chi connectivity index (χ1n) is 6.45. The fraction of sp³-hybridized carbons (Fsp3) is 0.533. The molecule has 0 N–H and O–H groups in total. The van der Waals surface area contributed by atoms with Gasteiger partial charge >= 0.3 is 0 Å². The molecule has 0 aliphatic carbocycles. The van der Waals surface area contributed by atoms with Crippen molar-refractivity contribution in [3.05, 3.63) is 34.4 Å². The van der Waals surface area contributed by atoms with Crippen LogP contribution in [0.15, 0.2) is 12.1 Å². The molecule has 0 amide bonds. The standard InChI is InChI=1S/C15H19NO2S/c1-11-6-12(2)14(13(3)7-11)8-15(9-16)4-5-19(17,18)10-15/h6-7H,4-5,8,10H2,1-3H3. The van der Waals surface area contributed by atoms with Gasteiger partial charge in [-0.2, -0.15) is 5.26 Å². The van der Waals surface area contributed by atoms with Crippen molar-refractivity contribution in [3.63, 3.8) is 0 Å². The first-order valence-corrected chi connectivity index (χ1v) is 8.27. The molecule has 0 bridgehead atoms. The number of benzene rings is 1. The molecule has 0 saturated carbocycles. The normalized spacial score (nSPS) is 25.2. The van der Waals surface area contributed by atoms with Crippen LogP contribution in [-0.4, -0.2) is 19.9 Å². The molecule has 1 fully saturated rings. The molecule has 19 heavy (non-hydrogen) atoms. The maximum absolute atomic E-state index is 11.7. The minimum absolute atomic E-state index is 0.00323. The number of nitriles is 1. The van der Waals surface area contributed by atoms with Gasteiger partial charge in [-0.3, -0.25) is 0 Å². The Bertz CT molecular complexity index is 632. The van der Waals surface area contributed by atoms with Crippen LogP contribution in [0.2, 0.25) is 0 Å². The first kappa shape index (κ1) is 14.1. The quantitative estimate of drug-likeness (QED) is 0.834. The zero-order chi connectivity index (χ0) is 14.3. The maximum Gasteiger partial charge on any atom is 0.151 e. The highest BCUT2D eigenvalue weighted by Crippen LogP contribution is 2.36. The molecule has 2 rings (SSSR count). The van der Waals surface area contributed by atoms with E-state index in [0.717, 1.165) is 16.7 Å². The predicted octanol–water partition coefficient (Wildman–Crippen LogP) is 2.48. The predicted molar refractivity (Wildman–Crippen MR) is 75.7 cm³/mol. The molecular formula is C15H19NO2S. The number of rotatable bonds is 2. The Hall–Kier alpha value is -1.34. The summed E-state index contributed by atoms with van der Waals surface area (Å²) in [5.41, 5.74) is 3.89. The lowest BCUT2D eigenvalue weighted by Crippen LogP contribution is -2.24. The van der Waals surface area contributed by atoms with Crippen molar-refractivity contribution in [1.29, 1.82) is 5.26 Å². The van der Waals surface area contributed by atoms with Gasteiger partial charge in [0, 0.05) is 0 Å². The zero-order valence-electron chi connectivity index (χ0n) is 11.7. The monoisotopic (exact) mass is 277 g/mol. The second-order valence-corrected chi connectivity index (χ2v) is 7.97. The molecule has 3 nitrogen and oxygen atoms in total. The summed E-state index contributed by atoms with van der Waals surface area (Å²) in [6.45, 7) is 6.11. The van der Waals surface area contributed by atoms with Crippen LogP contribution in [0.3, 0.4) is 0 Å². The van der Waals surface area contributed by atoms with E-state index >= 15 is 0 Å². The third-order valence-electron chi connectivity index (χ3n) is 3.98. The van der Waals surface area contributed by atoms with Crippen molar-refractivity contribution in [2.24, 2.45) is 5.41 Å². The minimum atomic E-state index is -3.04. The lowest BCUT2D eigenvalue weighted by Gasteiger charge is -2.22. The van der Waals surface area contributed by atoms with Gasteiger partial charge in [0.2, 0.25) is 0 Å². The second-order valence-electron chi connectivity index (χ2n) is 5.79. The first-order chi connectivity index (χ1) is 8.77. The van der Waals surface area contributed by atoms with Crippen LogP contribution in [0, 0.1) is 37.5 Å². The van der Waals surface area contributed by atoms with Crippen LogP contribution >= 0.6 is 0 Å². The maximum atomic E-state index is 11.7. The summed E-state index contributed by atoms with van der Waals surface area (Å²) in [7, 11) is -3.04. The molecule has 1 saturated heterocycles. The average Bonchev–Trinajstić information content (AvgIpc) is 2.60. The highest BCUT2D eigenvalue weighted by atomic mass is 32.2. The summed E-state index contributed by atoms with van der Waals surface area (Å²) in [5.74, 6) is 0.147. The van der Waals surface area contributed by atoms with Crippen LogP contribution in [0.4, 0.5) is 0 Å². The van der Waals surface area contributed by atoms with Gasteiger partial charge in [-0.1, -0.05) is 17.7 Å². The van der Waals surface area contributed by atoms with Gasteiger partial charge in [0.25, 0.3) is 0 Å². The summed E-state index contributed by atoms with van der Waals surface area (Å²) in [4.78, 5) is 0. The number of sulfone groups is 1. The Morgan fingerprint density at radius 1 is 1.26 bits per heavy atom. The van der Waals surface area contributed by atoms with Crippen LogP contribution in [0.1, 0.15) is 28.7 Å². The summed E-state index contributed by atoms with van der Waals surface area (Å²) < 4.78 is 23.3. The van der Waals surface area contributed by atoms with Crippen molar-refractivity contribution in [1.82, 2.24) is 0 Å². The third kappa shape index (κ3) is 2.82. The Kier molecular flexibility index (Phi) is 3.44. The van der Waals surface area contributed by atoms with E-state index in [1.54, 1.807) is 0 Å². The third-order valence-corrected chi connectivity index (χ3v) is 5.80. The van der Waals surface area contributed by atoms with Gasteiger partial charge in [-0.25, -0.2) is 8.42 Å². The van der Waals surface area contributed by atoms with Gasteiger partial charge in [-0.15, -0.1) is 0 Å². The molecule has 4 heteroatoms. The van der Waals surface area contributed by atoms with Crippen LogP contribution in [0.25, 0.3) is 0 Å². The van der Waals surface area contributed by atoms with Crippen LogP contribution in [0.5, 0.6) is 0 Å². The van der Waals surface area contributed by atoms with E-state index in [4.69, 9.17) is 0 Å². The Balaban J connectivity index is 2.39. The van der Waals surface area contributed by atoms with Gasteiger partial charge in [-0.05, 0) is 50.3 Å². The van der Waals surface area contributed by atoms with Crippen molar-refractivity contribution < 1.29 is 8.42 Å². The molecule has 1 aliphatic heterocycles. The fourth-order valence-electron chi connectivity index (χ4n) is 3.01. The van der Waals surface area contributed by atoms with Crippen molar-refractivity contribution in [2.45, 2.75) is 33.6 Å². The Labute approximate surface area is 115 Å². The number of aryl methyl sites for hydroxylation is 3. The van der Waals surface area contributed by atoms with E-state index in [-0.39, 0.29) is 11.5 Å². The number of hydrogen-bond acceptors (Lipinski definition) is 3. The summed E-state index contributed by atoms with van der Waals surface area (Å²) in [5, 5.41) is 9.43. The summed E-state index contributed by atoms with van der Waals surface area (Å²) in [6.07, 6.45) is 0.999. The molecule has 0 spiro atoms. The molecular weight excluding hydrogens is 258 g/mol. The molecule has 1 aromatic carbocycles. The molecule has 0 radical (unpaired) electrons. The van der Waals surface area contributed by atoms with E-state index < -0.39 is 15.3 Å². The zero-order valence-corrected chi connectivity index (χ0v) is 12.5. The van der Waals surface area contributed by atoms with E-state index in [1.807, 2.05) is 20.8 Å². The Morgan fingerprint density at radius 2 is 1.84 bits per heavy atom. The van der Waals surface area contributed by atoms with E-state index in [2.05, 4.69) is 18.2 Å². The van der Waals surface area contributed by atoms with Gasteiger partial charge in [0.05, 0.1) is 23.0 Å². The number of hydrogen-bond donors (Lipinski definition) is 0. The minimum Gasteiger partial charge on any atom is -0.229 e. The van der Waals surface area contributed by atoms with E-state index in [1.165, 1.54) is 5.56 Å². The molecule has 1 unspecified atom stereocenters. The van der Waals surface area contributed by atoms with E-state index in [0.29, 0.717) is 12.8 Å². The van der Waals surface area contributed by atoms with E-state index in [9.17, 15) is 13.7 Å². The SMILES string of the molecule is Cc1cc(C)c(CC2(C#N)CCS(=O)(=O)C2)c(C)c1. The summed E-state index contributed by atoms with van der Waals surface area (Å²) >= 11 is 0. The van der Waals surface area contributed by atoms with Gasteiger partial charge < -0.3 is 0 Å². The Morgan fingerprint density at radius 3 is 2.26 bits per heavy atom. The highest BCUT2D eigenvalue weighted by molar-refractivity contribution is 7.91. The fourth-order valence-corrected chi connectivity index (χ4v) is 5.01. The molecule has 1 atom stereocenters.